The van der Waals surface area contributed by atoms with Crippen molar-refractivity contribution in [1.29, 1.82) is 0 Å². The average Bonchev–Trinajstić information content (AvgIpc) is 2.87. The van der Waals surface area contributed by atoms with E-state index in [2.05, 4.69) is 9.97 Å². The Labute approximate surface area is 109 Å². The van der Waals surface area contributed by atoms with Gasteiger partial charge in [0.15, 0.2) is 0 Å². The Balaban J connectivity index is 2.14. The molecule has 1 aliphatic heterocycles. The minimum atomic E-state index is -0.374. The van der Waals surface area contributed by atoms with Gasteiger partial charge >= 0.3 is 0 Å². The van der Waals surface area contributed by atoms with Crippen LogP contribution in [0.5, 0.6) is 0 Å². The molecule has 6 heteroatoms. The molecule has 19 heavy (non-hydrogen) atoms. The number of anilines is 1. The molecular formula is C13H13FN4O. The van der Waals surface area contributed by atoms with Crippen LogP contribution in [0.1, 0.15) is 12.8 Å². The number of benzene rings is 1. The van der Waals surface area contributed by atoms with E-state index in [0.717, 1.165) is 6.42 Å². The third-order valence-corrected chi connectivity index (χ3v) is 3.43. The predicted molar refractivity (Wildman–Crippen MR) is 69.1 cm³/mol. The Morgan fingerprint density at radius 2 is 2.26 bits per heavy atom. The first-order chi connectivity index (χ1) is 9.16. The molecule has 1 aliphatic rings. The summed E-state index contributed by atoms with van der Waals surface area (Å²) in [7, 11) is 0. The highest BCUT2D eigenvalue weighted by molar-refractivity contribution is 5.92. The van der Waals surface area contributed by atoms with Gasteiger partial charge in [0.1, 0.15) is 24.0 Å². The molecule has 0 spiro atoms. The van der Waals surface area contributed by atoms with Crippen molar-refractivity contribution in [3.63, 3.8) is 0 Å². The molecule has 5 nitrogen and oxygen atoms in total. The standard InChI is InChI=1S/C13H13FN4O/c14-8-3-4-10-9(6-8)13(17-7-16-10)18-5-1-2-11(18)12(15)19/h3-4,6-7,11H,1-2,5H2,(H2,15,19). The molecule has 3 rings (SSSR count). The van der Waals surface area contributed by atoms with E-state index in [0.29, 0.717) is 29.7 Å². The molecule has 0 radical (unpaired) electrons. The van der Waals surface area contributed by atoms with Gasteiger partial charge in [-0.25, -0.2) is 14.4 Å². The van der Waals surface area contributed by atoms with Crippen LogP contribution in [0.15, 0.2) is 24.5 Å². The highest BCUT2D eigenvalue weighted by Gasteiger charge is 2.31. The topological polar surface area (TPSA) is 72.1 Å². The van der Waals surface area contributed by atoms with Gasteiger partial charge in [0.2, 0.25) is 5.91 Å². The summed E-state index contributed by atoms with van der Waals surface area (Å²) in [5.74, 6) is -0.148. The third kappa shape index (κ3) is 1.99. The number of hydrogen-bond acceptors (Lipinski definition) is 4. The Hall–Kier alpha value is -2.24. The summed E-state index contributed by atoms with van der Waals surface area (Å²) in [6.07, 6.45) is 3.00. The summed E-state index contributed by atoms with van der Waals surface area (Å²) >= 11 is 0. The summed E-state index contributed by atoms with van der Waals surface area (Å²) in [5.41, 5.74) is 6.06. The molecule has 0 aliphatic carbocycles. The third-order valence-electron chi connectivity index (χ3n) is 3.43. The maximum absolute atomic E-state index is 13.4. The van der Waals surface area contributed by atoms with Crippen molar-refractivity contribution in [2.45, 2.75) is 18.9 Å². The molecule has 0 bridgehead atoms. The van der Waals surface area contributed by atoms with Crippen molar-refractivity contribution < 1.29 is 9.18 Å². The number of aromatic nitrogens is 2. The van der Waals surface area contributed by atoms with Crippen molar-refractivity contribution in [3.05, 3.63) is 30.3 Å². The monoisotopic (exact) mass is 260 g/mol. The number of hydrogen-bond donors (Lipinski definition) is 1. The SMILES string of the molecule is NC(=O)C1CCCN1c1ncnc2ccc(F)cc12. The van der Waals surface area contributed by atoms with Crippen molar-refractivity contribution in [1.82, 2.24) is 9.97 Å². The van der Waals surface area contributed by atoms with Gasteiger partial charge in [-0.3, -0.25) is 4.79 Å². The zero-order chi connectivity index (χ0) is 13.4. The van der Waals surface area contributed by atoms with Crippen LogP contribution in [0.25, 0.3) is 10.9 Å². The number of carbonyl (C=O) groups is 1. The maximum atomic E-state index is 13.4. The molecule has 1 aromatic heterocycles. The largest absolute Gasteiger partial charge is 0.368 e. The van der Waals surface area contributed by atoms with Crippen molar-refractivity contribution in [2.75, 3.05) is 11.4 Å². The van der Waals surface area contributed by atoms with Gasteiger partial charge in [0, 0.05) is 11.9 Å². The lowest BCUT2D eigenvalue weighted by Gasteiger charge is -2.24. The van der Waals surface area contributed by atoms with E-state index in [-0.39, 0.29) is 17.8 Å². The Kier molecular flexibility index (Phi) is 2.77. The van der Waals surface area contributed by atoms with Gasteiger partial charge < -0.3 is 10.6 Å². The summed E-state index contributed by atoms with van der Waals surface area (Å²) < 4.78 is 13.4. The van der Waals surface area contributed by atoms with Crippen LogP contribution in [0.2, 0.25) is 0 Å². The molecule has 1 saturated heterocycles. The molecule has 98 valence electrons. The first-order valence-corrected chi connectivity index (χ1v) is 6.13. The van der Waals surface area contributed by atoms with Crippen LogP contribution >= 0.6 is 0 Å². The van der Waals surface area contributed by atoms with Gasteiger partial charge in [0.25, 0.3) is 0 Å². The second-order valence-electron chi connectivity index (χ2n) is 4.61. The number of fused-ring (bicyclic) bond motifs is 1. The molecule has 1 fully saturated rings. The molecular weight excluding hydrogens is 247 g/mol. The lowest BCUT2D eigenvalue weighted by molar-refractivity contribution is -0.119. The van der Waals surface area contributed by atoms with E-state index in [1.807, 2.05) is 4.90 Å². The summed E-state index contributed by atoms with van der Waals surface area (Å²) in [6.45, 7) is 0.691. The van der Waals surface area contributed by atoms with Crippen LogP contribution in [0.3, 0.4) is 0 Å². The number of nitrogens with two attached hydrogens (primary N) is 1. The number of nitrogens with zero attached hydrogens (tertiary/aromatic N) is 3. The molecule has 1 unspecified atom stereocenters. The Bertz CT molecular complexity index is 646. The van der Waals surface area contributed by atoms with Crippen LogP contribution < -0.4 is 10.6 Å². The predicted octanol–water partition coefficient (Wildman–Crippen LogP) is 1.22. The van der Waals surface area contributed by atoms with Gasteiger partial charge in [0.05, 0.1) is 5.52 Å². The Morgan fingerprint density at radius 3 is 3.05 bits per heavy atom. The fraction of sp³-hybridized carbons (Fsp3) is 0.308. The minimum Gasteiger partial charge on any atom is -0.368 e. The molecule has 2 N–H and O–H groups in total. The molecule has 2 heterocycles. The second kappa shape index (κ2) is 4.46. The number of halogens is 1. The molecule has 1 amide bonds. The van der Waals surface area contributed by atoms with E-state index in [9.17, 15) is 9.18 Å². The minimum absolute atomic E-state index is 0.349. The van der Waals surface area contributed by atoms with E-state index < -0.39 is 0 Å². The van der Waals surface area contributed by atoms with Gasteiger partial charge in [-0.2, -0.15) is 0 Å². The van der Waals surface area contributed by atoms with Gasteiger partial charge in [-0.15, -0.1) is 0 Å². The van der Waals surface area contributed by atoms with Crippen molar-refractivity contribution in [3.8, 4) is 0 Å². The summed E-state index contributed by atoms with van der Waals surface area (Å²) in [4.78, 5) is 21.6. The zero-order valence-corrected chi connectivity index (χ0v) is 10.2. The average molecular weight is 260 g/mol. The number of rotatable bonds is 2. The van der Waals surface area contributed by atoms with E-state index in [1.54, 1.807) is 6.07 Å². The lowest BCUT2D eigenvalue weighted by Crippen LogP contribution is -2.40. The molecule has 2 aromatic rings. The first-order valence-electron chi connectivity index (χ1n) is 6.13. The maximum Gasteiger partial charge on any atom is 0.240 e. The normalized spacial score (nSPS) is 19.0. The second-order valence-corrected chi connectivity index (χ2v) is 4.61. The molecule has 0 saturated carbocycles. The Morgan fingerprint density at radius 1 is 1.42 bits per heavy atom. The van der Waals surface area contributed by atoms with E-state index in [4.69, 9.17) is 5.73 Å². The summed E-state index contributed by atoms with van der Waals surface area (Å²) in [6, 6.07) is 3.97. The highest BCUT2D eigenvalue weighted by atomic mass is 19.1. The van der Waals surface area contributed by atoms with E-state index in [1.165, 1.54) is 18.5 Å². The van der Waals surface area contributed by atoms with Crippen molar-refractivity contribution in [2.24, 2.45) is 5.73 Å². The zero-order valence-electron chi connectivity index (χ0n) is 10.2. The van der Waals surface area contributed by atoms with Crippen LogP contribution in [0, 0.1) is 5.82 Å². The number of primary amides is 1. The molecule has 1 atom stereocenters. The molecule has 1 aromatic carbocycles. The fourth-order valence-electron chi connectivity index (χ4n) is 2.56. The van der Waals surface area contributed by atoms with Crippen molar-refractivity contribution >= 4 is 22.6 Å². The quantitative estimate of drug-likeness (QED) is 0.881. The van der Waals surface area contributed by atoms with Crippen LogP contribution in [0.4, 0.5) is 10.2 Å². The highest BCUT2D eigenvalue weighted by Crippen LogP contribution is 2.29. The van der Waals surface area contributed by atoms with Crippen LogP contribution in [-0.4, -0.2) is 28.5 Å². The first kappa shape index (κ1) is 11.8. The number of amides is 1. The fourth-order valence-corrected chi connectivity index (χ4v) is 2.56. The van der Waals surface area contributed by atoms with E-state index >= 15 is 0 Å². The lowest BCUT2D eigenvalue weighted by atomic mass is 10.2. The smallest absolute Gasteiger partial charge is 0.240 e. The van der Waals surface area contributed by atoms with Crippen LogP contribution in [-0.2, 0) is 4.79 Å². The van der Waals surface area contributed by atoms with Gasteiger partial charge in [-0.1, -0.05) is 0 Å². The summed E-state index contributed by atoms with van der Waals surface area (Å²) in [5, 5.41) is 0.607. The number of carbonyl (C=O) groups excluding carboxylic acids is 1. The van der Waals surface area contributed by atoms with Gasteiger partial charge in [-0.05, 0) is 31.0 Å².